The summed E-state index contributed by atoms with van der Waals surface area (Å²) >= 11 is 0. The molecule has 13 nitrogen and oxygen atoms in total. The molecule has 4 atom stereocenters. The fourth-order valence-corrected chi connectivity index (χ4v) is 7.64. The second-order valence-corrected chi connectivity index (χ2v) is 16.3. The molecule has 4 rings (SSSR count). The molecule has 48 heavy (non-hydrogen) atoms. The van der Waals surface area contributed by atoms with Gasteiger partial charge in [-0.15, -0.1) is 0 Å². The fraction of sp³-hybridized carbons (Fsp3) is 0.515. The highest BCUT2D eigenvalue weighted by molar-refractivity contribution is 7.92. The van der Waals surface area contributed by atoms with Gasteiger partial charge in [0.05, 0.1) is 41.6 Å². The summed E-state index contributed by atoms with van der Waals surface area (Å²) in [5, 5.41) is 10.0. The van der Waals surface area contributed by atoms with Gasteiger partial charge in [0.15, 0.2) is 5.03 Å². The third-order valence-corrected chi connectivity index (χ3v) is 11.5. The van der Waals surface area contributed by atoms with Crippen molar-refractivity contribution in [3.8, 4) is 5.75 Å². The topological polar surface area (TPSA) is 160 Å². The van der Waals surface area contributed by atoms with Gasteiger partial charge in [0.1, 0.15) is 5.75 Å². The Morgan fingerprint density at radius 3 is 2.46 bits per heavy atom. The largest absolute Gasteiger partial charge is 0.490 e. The van der Waals surface area contributed by atoms with Crippen molar-refractivity contribution < 1.29 is 36.2 Å². The van der Waals surface area contributed by atoms with Crippen molar-refractivity contribution in [1.82, 2.24) is 18.8 Å². The number of fused-ring (bicyclic) bond motifs is 1. The van der Waals surface area contributed by atoms with Crippen molar-refractivity contribution in [2.75, 3.05) is 38.1 Å². The van der Waals surface area contributed by atoms with Gasteiger partial charge in [-0.2, -0.15) is 12.7 Å². The van der Waals surface area contributed by atoms with E-state index in [0.717, 1.165) is 12.0 Å². The summed E-state index contributed by atoms with van der Waals surface area (Å²) in [7, 11) is -4.70. The summed E-state index contributed by atoms with van der Waals surface area (Å²) in [4.78, 5) is 19.9. The number of aryl methyl sites for hydroxylation is 2. The highest BCUT2D eigenvalue weighted by atomic mass is 32.2. The van der Waals surface area contributed by atoms with Gasteiger partial charge >= 0.3 is 0 Å². The van der Waals surface area contributed by atoms with E-state index in [2.05, 4.69) is 9.71 Å². The quantitative estimate of drug-likeness (QED) is 0.339. The maximum atomic E-state index is 14.3. The minimum absolute atomic E-state index is 0.0441. The van der Waals surface area contributed by atoms with Gasteiger partial charge in [-0.3, -0.25) is 9.52 Å². The number of anilines is 1. The summed E-state index contributed by atoms with van der Waals surface area (Å²) in [5.41, 5.74) is 1.20. The highest BCUT2D eigenvalue weighted by Gasteiger charge is 2.32. The molecule has 3 aromatic rings. The molecule has 0 radical (unpaired) electrons. The average Bonchev–Trinajstić information content (AvgIpc) is 3.49. The molecule has 0 spiro atoms. The molecule has 1 aromatic heterocycles. The molecule has 2 N–H and O–H groups in total. The number of amides is 1. The normalized spacial score (nSPS) is 20.9. The maximum absolute atomic E-state index is 14.3. The SMILES string of the molecule is Cc1ccc(S(=O)(=O)N(C)C[C@@H]2OCCCC[C@@H](C)Oc3ccc(NS(=O)(=O)c4cn(C)cn4)cc3C(=O)N([C@H](C)CO)C[C@@H]2C)cc1. The van der Waals surface area contributed by atoms with Crippen LogP contribution < -0.4 is 9.46 Å². The van der Waals surface area contributed by atoms with Gasteiger partial charge in [0.2, 0.25) is 10.0 Å². The van der Waals surface area contributed by atoms with Gasteiger partial charge in [-0.25, -0.2) is 13.4 Å². The van der Waals surface area contributed by atoms with Crippen LogP contribution in [-0.4, -0.2) is 98.2 Å². The molecule has 2 aromatic carbocycles. The van der Waals surface area contributed by atoms with E-state index in [-0.39, 0.29) is 58.6 Å². The van der Waals surface area contributed by atoms with Crippen LogP contribution in [0.5, 0.6) is 5.75 Å². The van der Waals surface area contributed by atoms with Crippen LogP contribution in [0.4, 0.5) is 5.69 Å². The van der Waals surface area contributed by atoms with Crippen LogP contribution in [0.3, 0.4) is 0 Å². The second-order valence-electron chi connectivity index (χ2n) is 12.6. The van der Waals surface area contributed by atoms with E-state index in [1.165, 1.54) is 45.5 Å². The Morgan fingerprint density at radius 2 is 1.81 bits per heavy atom. The van der Waals surface area contributed by atoms with Crippen molar-refractivity contribution in [2.24, 2.45) is 13.0 Å². The van der Waals surface area contributed by atoms with Crippen LogP contribution in [0.25, 0.3) is 0 Å². The van der Waals surface area contributed by atoms with Crippen LogP contribution in [0, 0.1) is 12.8 Å². The van der Waals surface area contributed by atoms with Crippen molar-refractivity contribution in [2.45, 2.75) is 75.1 Å². The first kappa shape index (κ1) is 37.3. The molecule has 1 aliphatic heterocycles. The van der Waals surface area contributed by atoms with E-state index in [1.807, 2.05) is 20.8 Å². The summed E-state index contributed by atoms with van der Waals surface area (Å²) in [6, 6.07) is 10.5. The zero-order valence-electron chi connectivity index (χ0n) is 28.4. The van der Waals surface area contributed by atoms with Crippen molar-refractivity contribution in [3.05, 3.63) is 66.1 Å². The van der Waals surface area contributed by atoms with Gasteiger partial charge in [0.25, 0.3) is 15.9 Å². The number of carbonyl (C=O) groups is 1. The predicted octanol–water partition coefficient (Wildman–Crippen LogP) is 3.65. The van der Waals surface area contributed by atoms with E-state index < -0.39 is 38.1 Å². The lowest BCUT2D eigenvalue weighted by Gasteiger charge is -2.35. The minimum atomic E-state index is -4.05. The first-order valence-corrected chi connectivity index (χ1v) is 18.9. The fourth-order valence-electron chi connectivity index (χ4n) is 5.43. The molecule has 0 bridgehead atoms. The molecule has 1 aliphatic rings. The number of aliphatic hydroxyl groups excluding tert-OH is 1. The number of likely N-dealkylation sites (N-methyl/N-ethyl adjacent to an activating group) is 1. The summed E-state index contributed by atoms with van der Waals surface area (Å²) in [5.74, 6) is -0.568. The van der Waals surface area contributed by atoms with Crippen LogP contribution >= 0.6 is 0 Å². The molecule has 0 fully saturated rings. The van der Waals surface area contributed by atoms with E-state index in [1.54, 1.807) is 44.3 Å². The zero-order valence-corrected chi connectivity index (χ0v) is 30.0. The number of aromatic nitrogens is 2. The third kappa shape index (κ3) is 9.14. The lowest BCUT2D eigenvalue weighted by Crippen LogP contribution is -2.48. The molecule has 2 heterocycles. The zero-order chi connectivity index (χ0) is 35.2. The maximum Gasteiger partial charge on any atom is 0.280 e. The summed E-state index contributed by atoms with van der Waals surface area (Å²) < 4.78 is 70.8. The Bertz CT molecular complexity index is 1760. The number of nitrogens with one attached hydrogen (secondary N) is 1. The first-order chi connectivity index (χ1) is 22.6. The van der Waals surface area contributed by atoms with Crippen molar-refractivity contribution in [3.63, 3.8) is 0 Å². The number of hydrogen-bond donors (Lipinski definition) is 2. The van der Waals surface area contributed by atoms with Crippen LogP contribution in [-0.2, 0) is 31.8 Å². The monoisotopic (exact) mass is 705 g/mol. The van der Waals surface area contributed by atoms with E-state index >= 15 is 0 Å². The lowest BCUT2D eigenvalue weighted by molar-refractivity contribution is -0.00833. The average molecular weight is 706 g/mol. The Hall–Kier alpha value is -3.50. The Labute approximate surface area is 284 Å². The molecule has 0 saturated heterocycles. The van der Waals surface area contributed by atoms with E-state index in [4.69, 9.17) is 9.47 Å². The second kappa shape index (κ2) is 15.8. The smallest absolute Gasteiger partial charge is 0.280 e. The molecular weight excluding hydrogens is 659 g/mol. The van der Waals surface area contributed by atoms with Crippen molar-refractivity contribution >= 4 is 31.6 Å². The molecule has 15 heteroatoms. The van der Waals surface area contributed by atoms with Crippen molar-refractivity contribution in [1.29, 1.82) is 0 Å². The number of ether oxygens (including phenoxy) is 2. The molecular formula is C33H47N5O8S2. The molecule has 0 unspecified atom stereocenters. The number of nitrogens with zero attached hydrogens (tertiary/aromatic N) is 4. The summed E-state index contributed by atoms with van der Waals surface area (Å²) in [6.45, 7) is 7.56. The predicted molar refractivity (Wildman–Crippen MR) is 182 cm³/mol. The third-order valence-electron chi connectivity index (χ3n) is 8.43. The van der Waals surface area contributed by atoms with Gasteiger partial charge < -0.3 is 24.0 Å². The van der Waals surface area contributed by atoms with E-state index in [0.29, 0.717) is 19.4 Å². The number of sulfonamides is 2. The first-order valence-electron chi connectivity index (χ1n) is 16.0. The van der Waals surface area contributed by atoms with Gasteiger partial charge in [-0.05, 0) is 70.4 Å². The number of imidazole rings is 1. The minimum Gasteiger partial charge on any atom is -0.490 e. The van der Waals surface area contributed by atoms with Gasteiger partial charge in [0, 0.05) is 51.6 Å². The van der Waals surface area contributed by atoms with Crippen LogP contribution in [0.1, 0.15) is 56.0 Å². The lowest BCUT2D eigenvalue weighted by atomic mass is 10.0. The molecule has 0 saturated carbocycles. The van der Waals surface area contributed by atoms with E-state index in [9.17, 15) is 26.7 Å². The molecule has 1 amide bonds. The van der Waals surface area contributed by atoms with Crippen LogP contribution in [0.2, 0.25) is 0 Å². The number of hydrogen-bond acceptors (Lipinski definition) is 9. The van der Waals surface area contributed by atoms with Gasteiger partial charge in [-0.1, -0.05) is 24.6 Å². The van der Waals surface area contributed by atoms with Crippen LogP contribution in [0.15, 0.2) is 64.9 Å². The number of rotatable bonds is 9. The molecule has 0 aliphatic carbocycles. The summed E-state index contributed by atoms with van der Waals surface area (Å²) in [6.07, 6.45) is 4.01. The Balaban J connectivity index is 1.67. The number of benzene rings is 2. The highest BCUT2D eigenvalue weighted by Crippen LogP contribution is 2.29. The standard InChI is InChI=1S/C33H47N5O8S2/c1-23-10-13-28(14-11-23)48(43,44)37(6)19-31-24(2)18-38(25(3)21-39)33(40)29-17-27(35-47(41,42)32-20-36(5)22-34-32)12-15-30(29)46-26(4)9-7-8-16-45-31/h10-15,17,20,22,24-26,31,35,39H,7-9,16,18-19,21H2,1-6H3/t24-,25+,26+,31-/m0/s1. The number of carbonyl (C=O) groups excluding carboxylic acids is 1. The Morgan fingerprint density at radius 1 is 1.10 bits per heavy atom. The Kier molecular flexibility index (Phi) is 12.3. The molecule has 264 valence electrons. The number of aliphatic hydroxyl groups is 1.